The molecular formula is C13H21F3. The van der Waals surface area contributed by atoms with Crippen LogP contribution >= 0.6 is 0 Å². The maximum atomic E-state index is 12.4. The van der Waals surface area contributed by atoms with Crippen LogP contribution in [0.1, 0.15) is 46.5 Å². The number of rotatable bonds is 1. The van der Waals surface area contributed by atoms with E-state index in [-0.39, 0.29) is 5.41 Å². The third kappa shape index (κ3) is 4.58. The Bertz CT molecular complexity index is 237. The first-order valence-electron chi connectivity index (χ1n) is 5.94. The van der Waals surface area contributed by atoms with Gasteiger partial charge in [0, 0.05) is 0 Å². The van der Waals surface area contributed by atoms with Crippen molar-refractivity contribution in [1.29, 1.82) is 0 Å². The summed E-state index contributed by atoms with van der Waals surface area (Å²) in [5, 5.41) is 0. The van der Waals surface area contributed by atoms with E-state index < -0.39 is 12.1 Å². The van der Waals surface area contributed by atoms with Gasteiger partial charge < -0.3 is 0 Å². The molecule has 1 fully saturated rings. The minimum Gasteiger partial charge on any atom is -0.171 e. The zero-order valence-corrected chi connectivity index (χ0v) is 10.3. The third-order valence-electron chi connectivity index (χ3n) is 3.10. The van der Waals surface area contributed by atoms with Crippen molar-refractivity contribution >= 4 is 0 Å². The summed E-state index contributed by atoms with van der Waals surface area (Å²) in [6.07, 6.45) is 2.18. The molecule has 1 saturated carbocycles. The molecule has 16 heavy (non-hydrogen) atoms. The third-order valence-corrected chi connectivity index (χ3v) is 3.10. The van der Waals surface area contributed by atoms with Gasteiger partial charge in [0.25, 0.3) is 0 Å². The Hall–Kier alpha value is -0.470. The lowest BCUT2D eigenvalue weighted by molar-refractivity contribution is -0.183. The minimum atomic E-state index is -3.99. The van der Waals surface area contributed by atoms with Gasteiger partial charge in [-0.15, -0.1) is 0 Å². The summed E-state index contributed by atoms with van der Waals surface area (Å²) < 4.78 is 37.3. The molecule has 0 radical (unpaired) electrons. The van der Waals surface area contributed by atoms with Gasteiger partial charge in [-0.2, -0.15) is 13.2 Å². The van der Waals surface area contributed by atoms with Crippen LogP contribution in [0.2, 0.25) is 0 Å². The van der Waals surface area contributed by atoms with Gasteiger partial charge in [-0.3, -0.25) is 0 Å². The molecule has 1 aliphatic carbocycles. The van der Waals surface area contributed by atoms with Crippen molar-refractivity contribution in [2.75, 3.05) is 0 Å². The second-order valence-corrected chi connectivity index (χ2v) is 5.88. The lowest BCUT2D eigenvalue weighted by Gasteiger charge is -2.28. The van der Waals surface area contributed by atoms with Crippen LogP contribution in [0.3, 0.4) is 0 Å². The molecule has 94 valence electrons. The SMILES string of the molecule is CC(C)(C)/C=C/C1CCC(C(F)(F)F)CC1. The normalized spacial score (nSPS) is 28.6. The molecule has 0 spiro atoms. The lowest BCUT2D eigenvalue weighted by atomic mass is 9.80. The number of alkyl halides is 3. The molecule has 0 aromatic rings. The van der Waals surface area contributed by atoms with Gasteiger partial charge >= 0.3 is 6.18 Å². The van der Waals surface area contributed by atoms with E-state index in [0.29, 0.717) is 31.6 Å². The molecule has 0 saturated heterocycles. The summed E-state index contributed by atoms with van der Waals surface area (Å²) in [6, 6.07) is 0. The van der Waals surface area contributed by atoms with Crippen molar-refractivity contribution in [1.82, 2.24) is 0 Å². The molecule has 3 heteroatoms. The standard InChI is InChI=1S/C13H21F3/c1-12(2,3)9-8-10-4-6-11(7-5-10)13(14,15)16/h8-11H,4-7H2,1-3H3/b9-8+. The van der Waals surface area contributed by atoms with E-state index in [1.807, 2.05) is 0 Å². The van der Waals surface area contributed by atoms with E-state index >= 15 is 0 Å². The average molecular weight is 234 g/mol. The molecule has 0 aromatic carbocycles. The maximum absolute atomic E-state index is 12.4. The second-order valence-electron chi connectivity index (χ2n) is 5.88. The van der Waals surface area contributed by atoms with Gasteiger partial charge in [0.2, 0.25) is 0 Å². The first-order valence-corrected chi connectivity index (χ1v) is 5.94. The van der Waals surface area contributed by atoms with Gasteiger partial charge in [-0.05, 0) is 37.0 Å². The highest BCUT2D eigenvalue weighted by atomic mass is 19.4. The topological polar surface area (TPSA) is 0 Å². The molecule has 0 aliphatic heterocycles. The summed E-state index contributed by atoms with van der Waals surface area (Å²) in [5.41, 5.74) is 0.126. The second kappa shape index (κ2) is 4.80. The summed E-state index contributed by atoms with van der Waals surface area (Å²) in [7, 11) is 0. The number of hydrogen-bond donors (Lipinski definition) is 0. The number of allylic oxidation sites excluding steroid dienone is 2. The van der Waals surface area contributed by atoms with Gasteiger partial charge in [0.15, 0.2) is 0 Å². The highest BCUT2D eigenvalue weighted by molar-refractivity contribution is 4.97. The zero-order chi connectivity index (χ0) is 12.4. The van der Waals surface area contributed by atoms with Crippen molar-refractivity contribution in [3.05, 3.63) is 12.2 Å². The first kappa shape index (κ1) is 13.6. The molecule has 0 atom stereocenters. The van der Waals surface area contributed by atoms with Crippen LogP contribution in [0.15, 0.2) is 12.2 Å². The van der Waals surface area contributed by atoms with Crippen molar-refractivity contribution in [3.63, 3.8) is 0 Å². The zero-order valence-electron chi connectivity index (χ0n) is 10.3. The van der Waals surface area contributed by atoms with Crippen LogP contribution < -0.4 is 0 Å². The van der Waals surface area contributed by atoms with Gasteiger partial charge in [-0.25, -0.2) is 0 Å². The van der Waals surface area contributed by atoms with Crippen molar-refractivity contribution in [2.24, 2.45) is 17.3 Å². The fourth-order valence-electron chi connectivity index (χ4n) is 2.06. The van der Waals surface area contributed by atoms with E-state index in [2.05, 4.69) is 32.9 Å². The molecule has 0 unspecified atom stereocenters. The minimum absolute atomic E-state index is 0.126. The molecule has 0 nitrogen and oxygen atoms in total. The lowest BCUT2D eigenvalue weighted by Crippen LogP contribution is -2.27. The van der Waals surface area contributed by atoms with E-state index in [1.165, 1.54) is 0 Å². The van der Waals surface area contributed by atoms with Gasteiger partial charge in [-0.1, -0.05) is 32.9 Å². The predicted octanol–water partition coefficient (Wildman–Crippen LogP) is 4.96. The van der Waals surface area contributed by atoms with E-state index in [4.69, 9.17) is 0 Å². The Morgan fingerprint density at radius 3 is 1.81 bits per heavy atom. The van der Waals surface area contributed by atoms with Crippen molar-refractivity contribution in [2.45, 2.75) is 52.6 Å². The molecule has 0 heterocycles. The van der Waals surface area contributed by atoms with Crippen LogP contribution in [0.25, 0.3) is 0 Å². The monoisotopic (exact) mass is 234 g/mol. The van der Waals surface area contributed by atoms with Crippen molar-refractivity contribution < 1.29 is 13.2 Å². The summed E-state index contributed by atoms with van der Waals surface area (Å²) in [4.78, 5) is 0. The average Bonchev–Trinajstić information content (AvgIpc) is 2.13. The van der Waals surface area contributed by atoms with Gasteiger partial charge in [0.1, 0.15) is 0 Å². The highest BCUT2D eigenvalue weighted by Gasteiger charge is 2.40. The Kier molecular flexibility index (Phi) is 4.08. The highest BCUT2D eigenvalue weighted by Crippen LogP contribution is 2.40. The van der Waals surface area contributed by atoms with Crippen LogP contribution in [-0.4, -0.2) is 6.18 Å². The smallest absolute Gasteiger partial charge is 0.171 e. The van der Waals surface area contributed by atoms with E-state index in [9.17, 15) is 13.2 Å². The number of hydrogen-bond acceptors (Lipinski definition) is 0. The Morgan fingerprint density at radius 2 is 1.44 bits per heavy atom. The van der Waals surface area contributed by atoms with Crippen LogP contribution in [0.4, 0.5) is 13.2 Å². The molecule has 0 amide bonds. The number of halogens is 3. The fourth-order valence-corrected chi connectivity index (χ4v) is 2.06. The van der Waals surface area contributed by atoms with E-state index in [1.54, 1.807) is 0 Å². The summed E-state index contributed by atoms with van der Waals surface area (Å²) >= 11 is 0. The van der Waals surface area contributed by atoms with Crippen LogP contribution in [-0.2, 0) is 0 Å². The Morgan fingerprint density at radius 1 is 0.938 bits per heavy atom. The molecular weight excluding hydrogens is 213 g/mol. The largest absolute Gasteiger partial charge is 0.391 e. The van der Waals surface area contributed by atoms with E-state index in [0.717, 1.165) is 0 Å². The molecule has 0 aromatic heterocycles. The molecule has 0 N–H and O–H groups in total. The predicted molar refractivity (Wildman–Crippen MR) is 60.1 cm³/mol. The fraction of sp³-hybridized carbons (Fsp3) is 0.846. The Labute approximate surface area is 95.9 Å². The quantitative estimate of drug-likeness (QED) is 0.563. The first-order chi connectivity index (χ1) is 7.18. The molecule has 1 aliphatic rings. The van der Waals surface area contributed by atoms with Crippen LogP contribution in [0, 0.1) is 17.3 Å². The van der Waals surface area contributed by atoms with Crippen molar-refractivity contribution in [3.8, 4) is 0 Å². The van der Waals surface area contributed by atoms with Gasteiger partial charge in [0.05, 0.1) is 5.92 Å². The molecule has 1 rings (SSSR count). The molecule has 0 bridgehead atoms. The van der Waals surface area contributed by atoms with Crippen LogP contribution in [0.5, 0.6) is 0 Å². The Balaban J connectivity index is 2.41. The summed E-state index contributed by atoms with van der Waals surface area (Å²) in [6.45, 7) is 6.31. The summed E-state index contributed by atoms with van der Waals surface area (Å²) in [5.74, 6) is -0.718. The maximum Gasteiger partial charge on any atom is 0.391 e.